The van der Waals surface area contributed by atoms with E-state index in [4.69, 9.17) is 5.11 Å². The van der Waals surface area contributed by atoms with Crippen molar-refractivity contribution < 1.29 is 9.90 Å². The average molecular weight is 192 g/mol. The van der Waals surface area contributed by atoms with E-state index in [2.05, 4.69) is 5.32 Å². The van der Waals surface area contributed by atoms with Crippen LogP contribution in [0.4, 0.5) is 16.2 Å². The van der Waals surface area contributed by atoms with Gasteiger partial charge in [-0.1, -0.05) is 0 Å². The van der Waals surface area contributed by atoms with Crippen LogP contribution in [0.3, 0.4) is 0 Å². The first-order chi connectivity index (χ1) is 6.68. The van der Waals surface area contributed by atoms with Crippen LogP contribution in [0.5, 0.6) is 0 Å². The van der Waals surface area contributed by atoms with Crippen molar-refractivity contribution in [2.75, 3.05) is 23.8 Å². The molecule has 0 atom stereocenters. The highest BCUT2D eigenvalue weighted by Gasteiger charge is 2.13. The fourth-order valence-electron chi connectivity index (χ4n) is 1.61. The summed E-state index contributed by atoms with van der Waals surface area (Å²) in [6, 6.07) is 5.66. The van der Waals surface area contributed by atoms with Gasteiger partial charge in [-0.2, -0.15) is 0 Å². The maximum absolute atomic E-state index is 10.7. The fourth-order valence-corrected chi connectivity index (χ4v) is 1.61. The monoisotopic (exact) mass is 192 g/mol. The zero-order chi connectivity index (χ0) is 10.1. The van der Waals surface area contributed by atoms with E-state index in [1.807, 2.05) is 18.2 Å². The number of anilines is 2. The van der Waals surface area contributed by atoms with Gasteiger partial charge in [0.05, 0.1) is 0 Å². The van der Waals surface area contributed by atoms with Crippen molar-refractivity contribution in [2.24, 2.45) is 0 Å². The van der Waals surface area contributed by atoms with Crippen molar-refractivity contribution in [3.05, 3.63) is 23.8 Å². The fraction of sp³-hybridized carbons (Fsp3) is 0.300. The van der Waals surface area contributed by atoms with E-state index in [0.29, 0.717) is 0 Å². The van der Waals surface area contributed by atoms with E-state index in [1.165, 1.54) is 10.5 Å². The lowest BCUT2D eigenvalue weighted by Gasteiger charge is -2.13. The van der Waals surface area contributed by atoms with Crippen LogP contribution in [0.15, 0.2) is 18.2 Å². The highest BCUT2D eigenvalue weighted by molar-refractivity contribution is 5.86. The number of benzene rings is 1. The number of hydrogen-bond donors (Lipinski definition) is 2. The first-order valence-electron chi connectivity index (χ1n) is 4.52. The molecule has 1 amide bonds. The van der Waals surface area contributed by atoms with Crippen LogP contribution in [-0.2, 0) is 6.42 Å². The average Bonchev–Trinajstić information content (AvgIpc) is 2.62. The molecule has 0 unspecified atom stereocenters. The Morgan fingerprint density at radius 3 is 3.07 bits per heavy atom. The van der Waals surface area contributed by atoms with Gasteiger partial charge in [0.25, 0.3) is 0 Å². The summed E-state index contributed by atoms with van der Waals surface area (Å²) < 4.78 is 0. The van der Waals surface area contributed by atoms with Crippen molar-refractivity contribution >= 4 is 17.5 Å². The number of carboxylic acid groups (broad SMARTS) is 1. The third-order valence-corrected chi connectivity index (χ3v) is 2.47. The zero-order valence-electron chi connectivity index (χ0n) is 7.95. The molecule has 4 nitrogen and oxygen atoms in total. The summed E-state index contributed by atoms with van der Waals surface area (Å²) in [6.45, 7) is 0.940. The lowest BCUT2D eigenvalue weighted by Crippen LogP contribution is -2.23. The second-order valence-electron chi connectivity index (χ2n) is 3.36. The Hall–Kier alpha value is -1.71. The van der Waals surface area contributed by atoms with Crippen molar-refractivity contribution in [1.29, 1.82) is 0 Å². The Labute approximate surface area is 82.2 Å². The number of rotatable bonds is 1. The van der Waals surface area contributed by atoms with Crippen molar-refractivity contribution in [3.8, 4) is 0 Å². The van der Waals surface area contributed by atoms with Crippen molar-refractivity contribution in [3.63, 3.8) is 0 Å². The Kier molecular flexibility index (Phi) is 2.04. The zero-order valence-corrected chi connectivity index (χ0v) is 7.95. The molecule has 0 saturated heterocycles. The van der Waals surface area contributed by atoms with Gasteiger partial charge in [0.1, 0.15) is 0 Å². The standard InChI is InChI=1S/C10H12N2O2/c1-12(10(13)14)8-2-3-9-7(6-8)4-5-11-9/h2-3,6,11H,4-5H2,1H3,(H,13,14). The third-order valence-electron chi connectivity index (χ3n) is 2.47. The van der Waals surface area contributed by atoms with E-state index in [1.54, 1.807) is 7.05 Å². The van der Waals surface area contributed by atoms with Gasteiger partial charge in [-0.3, -0.25) is 4.90 Å². The normalized spacial score (nSPS) is 13.2. The molecule has 1 aliphatic heterocycles. The molecule has 0 aromatic heterocycles. The van der Waals surface area contributed by atoms with Crippen LogP contribution in [0, 0.1) is 0 Å². The maximum atomic E-state index is 10.7. The van der Waals surface area contributed by atoms with E-state index in [0.717, 1.165) is 24.3 Å². The molecule has 14 heavy (non-hydrogen) atoms. The molecule has 0 spiro atoms. The lowest BCUT2D eigenvalue weighted by atomic mass is 10.1. The molecule has 1 aromatic carbocycles. The molecule has 1 heterocycles. The predicted octanol–water partition coefficient (Wildman–Crippen LogP) is 1.77. The third kappa shape index (κ3) is 1.39. The summed E-state index contributed by atoms with van der Waals surface area (Å²) in [5.41, 5.74) is 3.03. The van der Waals surface area contributed by atoms with Crippen molar-refractivity contribution in [2.45, 2.75) is 6.42 Å². The molecule has 0 radical (unpaired) electrons. The molecule has 4 heteroatoms. The minimum Gasteiger partial charge on any atom is -0.465 e. The molecule has 0 fully saturated rings. The molecule has 1 aromatic rings. The predicted molar refractivity (Wildman–Crippen MR) is 55.1 cm³/mol. The first kappa shape index (κ1) is 8.87. The molecule has 0 bridgehead atoms. The topological polar surface area (TPSA) is 52.6 Å². The largest absolute Gasteiger partial charge is 0.465 e. The second kappa shape index (κ2) is 3.21. The van der Waals surface area contributed by atoms with Crippen molar-refractivity contribution in [1.82, 2.24) is 0 Å². The Morgan fingerprint density at radius 1 is 1.57 bits per heavy atom. The smallest absolute Gasteiger partial charge is 0.411 e. The molecule has 0 saturated carbocycles. The maximum Gasteiger partial charge on any atom is 0.411 e. The molecule has 2 N–H and O–H groups in total. The Balaban J connectivity index is 2.33. The summed E-state index contributed by atoms with van der Waals surface area (Å²) >= 11 is 0. The Bertz CT molecular complexity index is 376. The van der Waals surface area contributed by atoms with Gasteiger partial charge in [-0.15, -0.1) is 0 Å². The van der Waals surface area contributed by atoms with Gasteiger partial charge in [0.2, 0.25) is 0 Å². The summed E-state index contributed by atoms with van der Waals surface area (Å²) in [6.07, 6.45) is 0.0345. The first-order valence-corrected chi connectivity index (χ1v) is 4.52. The van der Waals surface area contributed by atoms with Gasteiger partial charge < -0.3 is 10.4 Å². The minimum atomic E-state index is -0.934. The van der Waals surface area contributed by atoms with E-state index in [-0.39, 0.29) is 0 Å². The van der Waals surface area contributed by atoms with Crippen LogP contribution in [0.1, 0.15) is 5.56 Å². The lowest BCUT2D eigenvalue weighted by molar-refractivity contribution is 0.203. The molecular weight excluding hydrogens is 180 g/mol. The van der Waals surface area contributed by atoms with E-state index < -0.39 is 6.09 Å². The molecule has 2 rings (SSSR count). The summed E-state index contributed by atoms with van der Waals surface area (Å²) in [5, 5.41) is 12.0. The highest BCUT2D eigenvalue weighted by atomic mass is 16.4. The van der Waals surface area contributed by atoms with Crippen LogP contribution in [0.2, 0.25) is 0 Å². The number of nitrogens with one attached hydrogen (secondary N) is 1. The SMILES string of the molecule is CN(C(=O)O)c1ccc2c(c1)CCN2. The Morgan fingerprint density at radius 2 is 2.36 bits per heavy atom. The summed E-state index contributed by atoms with van der Waals surface area (Å²) in [7, 11) is 1.55. The highest BCUT2D eigenvalue weighted by Crippen LogP contribution is 2.26. The number of carbonyl (C=O) groups is 1. The number of fused-ring (bicyclic) bond motifs is 1. The molecule has 0 aliphatic carbocycles. The quantitative estimate of drug-likeness (QED) is 0.713. The number of hydrogen-bond acceptors (Lipinski definition) is 2. The van der Waals surface area contributed by atoms with Crippen LogP contribution >= 0.6 is 0 Å². The minimum absolute atomic E-state index is 0.722. The summed E-state index contributed by atoms with van der Waals surface area (Å²) in [4.78, 5) is 11.9. The second-order valence-corrected chi connectivity index (χ2v) is 3.36. The van der Waals surface area contributed by atoms with Gasteiger partial charge in [0.15, 0.2) is 0 Å². The van der Waals surface area contributed by atoms with Gasteiger partial charge >= 0.3 is 6.09 Å². The van der Waals surface area contributed by atoms with Crippen LogP contribution < -0.4 is 10.2 Å². The van der Waals surface area contributed by atoms with Crippen LogP contribution in [-0.4, -0.2) is 24.8 Å². The van der Waals surface area contributed by atoms with Gasteiger partial charge in [-0.05, 0) is 30.2 Å². The van der Waals surface area contributed by atoms with Gasteiger partial charge in [-0.25, -0.2) is 4.79 Å². The summed E-state index contributed by atoms with van der Waals surface area (Å²) in [5.74, 6) is 0. The molecule has 1 aliphatic rings. The van der Waals surface area contributed by atoms with Gasteiger partial charge in [0, 0.05) is 25.0 Å². The van der Waals surface area contributed by atoms with E-state index >= 15 is 0 Å². The molecule has 74 valence electrons. The number of nitrogens with zero attached hydrogens (tertiary/aromatic N) is 1. The van der Waals surface area contributed by atoms with Crippen LogP contribution in [0.25, 0.3) is 0 Å². The molecular formula is C10H12N2O2. The number of amides is 1. The van der Waals surface area contributed by atoms with E-state index in [9.17, 15) is 4.79 Å².